The zero-order chi connectivity index (χ0) is 22.3. The van der Waals surface area contributed by atoms with Crippen LogP contribution in [0.3, 0.4) is 0 Å². The third-order valence-electron chi connectivity index (χ3n) is 5.63. The summed E-state index contributed by atoms with van der Waals surface area (Å²) in [7, 11) is 0. The van der Waals surface area contributed by atoms with Crippen molar-refractivity contribution < 1.29 is 9.53 Å². The number of carbonyl (C=O) groups is 1. The van der Waals surface area contributed by atoms with Gasteiger partial charge in [0.15, 0.2) is 0 Å². The molecule has 2 aromatic heterocycles. The number of amides is 1. The highest BCUT2D eigenvalue weighted by Crippen LogP contribution is 2.21. The number of hydrogen-bond donors (Lipinski definition) is 1. The first-order valence-electron chi connectivity index (χ1n) is 10.9. The van der Waals surface area contributed by atoms with Gasteiger partial charge in [-0.25, -0.2) is 4.98 Å². The highest BCUT2D eigenvalue weighted by Gasteiger charge is 2.12. The Bertz CT molecular complexity index is 1200. The van der Waals surface area contributed by atoms with Crippen molar-refractivity contribution in [1.82, 2.24) is 19.9 Å². The van der Waals surface area contributed by atoms with Crippen molar-refractivity contribution in [1.29, 1.82) is 0 Å². The van der Waals surface area contributed by atoms with E-state index in [1.807, 2.05) is 30.3 Å². The van der Waals surface area contributed by atoms with E-state index < -0.39 is 0 Å². The predicted molar refractivity (Wildman–Crippen MR) is 126 cm³/mol. The zero-order valence-electron chi connectivity index (χ0n) is 18.5. The van der Waals surface area contributed by atoms with Gasteiger partial charge in [0.05, 0.1) is 23.2 Å². The highest BCUT2D eigenvalue weighted by molar-refractivity contribution is 5.93. The minimum absolute atomic E-state index is 0.123. The number of nitrogens with zero attached hydrogens (tertiary/aromatic N) is 3. The van der Waals surface area contributed by atoms with E-state index in [4.69, 9.17) is 9.72 Å². The number of fused-ring (bicyclic) bond motifs is 1. The number of aromatic nitrogens is 3. The van der Waals surface area contributed by atoms with Crippen molar-refractivity contribution in [3.8, 4) is 5.75 Å². The van der Waals surface area contributed by atoms with Crippen LogP contribution in [-0.2, 0) is 13.0 Å². The van der Waals surface area contributed by atoms with E-state index in [0.29, 0.717) is 25.1 Å². The third-order valence-corrected chi connectivity index (χ3v) is 5.63. The molecule has 0 unspecified atom stereocenters. The second-order valence-electron chi connectivity index (χ2n) is 7.82. The molecule has 0 aliphatic heterocycles. The van der Waals surface area contributed by atoms with Crippen molar-refractivity contribution in [2.75, 3.05) is 13.2 Å². The summed E-state index contributed by atoms with van der Waals surface area (Å²) in [5.41, 5.74) is 5.05. The van der Waals surface area contributed by atoms with Crippen LogP contribution in [0.2, 0.25) is 0 Å². The summed E-state index contributed by atoms with van der Waals surface area (Å²) in [5, 5.41) is 2.96. The Balaban J connectivity index is 1.39. The number of para-hydroxylation sites is 2. The molecule has 6 heteroatoms. The van der Waals surface area contributed by atoms with Crippen LogP contribution in [-0.4, -0.2) is 33.6 Å². The van der Waals surface area contributed by atoms with Crippen LogP contribution in [0.25, 0.3) is 11.0 Å². The molecule has 6 nitrogen and oxygen atoms in total. The van der Waals surface area contributed by atoms with Gasteiger partial charge < -0.3 is 14.6 Å². The van der Waals surface area contributed by atoms with Crippen molar-refractivity contribution in [2.45, 2.75) is 33.2 Å². The Morgan fingerprint density at radius 2 is 1.94 bits per heavy atom. The Morgan fingerprint density at radius 1 is 1.06 bits per heavy atom. The molecule has 4 aromatic rings. The van der Waals surface area contributed by atoms with Gasteiger partial charge in [-0.3, -0.25) is 9.78 Å². The summed E-state index contributed by atoms with van der Waals surface area (Å²) >= 11 is 0. The summed E-state index contributed by atoms with van der Waals surface area (Å²) in [5.74, 6) is 1.78. The molecule has 32 heavy (non-hydrogen) atoms. The molecule has 4 rings (SSSR count). The molecule has 1 N–H and O–H groups in total. The Morgan fingerprint density at radius 3 is 2.78 bits per heavy atom. The van der Waals surface area contributed by atoms with Crippen LogP contribution in [0.5, 0.6) is 5.75 Å². The van der Waals surface area contributed by atoms with Crippen molar-refractivity contribution in [3.63, 3.8) is 0 Å². The lowest BCUT2D eigenvalue weighted by Gasteiger charge is -2.13. The lowest BCUT2D eigenvalue weighted by atomic mass is 10.1. The molecule has 0 spiro atoms. The Kier molecular flexibility index (Phi) is 6.80. The van der Waals surface area contributed by atoms with Crippen LogP contribution >= 0.6 is 0 Å². The second-order valence-corrected chi connectivity index (χ2v) is 7.82. The second kappa shape index (κ2) is 10.1. The van der Waals surface area contributed by atoms with E-state index in [1.165, 1.54) is 11.1 Å². The quantitative estimate of drug-likeness (QED) is 0.399. The molecule has 0 aliphatic rings. The Labute approximate surface area is 188 Å². The van der Waals surface area contributed by atoms with Gasteiger partial charge in [-0.15, -0.1) is 0 Å². The smallest absolute Gasteiger partial charge is 0.252 e. The molecule has 1 amide bonds. The molecule has 2 aromatic carbocycles. The molecular formula is C26H28N4O2. The van der Waals surface area contributed by atoms with E-state index in [-0.39, 0.29) is 5.91 Å². The summed E-state index contributed by atoms with van der Waals surface area (Å²) in [4.78, 5) is 21.1. The monoisotopic (exact) mass is 428 g/mol. The van der Waals surface area contributed by atoms with Crippen LogP contribution in [0, 0.1) is 13.8 Å². The van der Waals surface area contributed by atoms with Gasteiger partial charge in [-0.1, -0.05) is 24.3 Å². The molecule has 0 radical (unpaired) electrons. The van der Waals surface area contributed by atoms with Crippen molar-refractivity contribution >= 4 is 16.9 Å². The summed E-state index contributed by atoms with van der Waals surface area (Å²) in [6.07, 6.45) is 4.74. The number of hydrogen-bond acceptors (Lipinski definition) is 4. The van der Waals surface area contributed by atoms with E-state index in [0.717, 1.165) is 35.6 Å². The summed E-state index contributed by atoms with van der Waals surface area (Å²) in [6.45, 7) is 6.13. The average molecular weight is 429 g/mol. The predicted octanol–water partition coefficient (Wildman–Crippen LogP) is 4.49. The standard InChI is InChI=1S/C26H28N4O2/c1-19-8-5-12-24(20(19)2)32-17-7-16-30-23-11-4-3-10-22(23)29-25(30)13-15-28-26(31)21-9-6-14-27-18-21/h3-6,8-12,14,18H,7,13,15-17H2,1-2H3,(H,28,31). The van der Waals surface area contributed by atoms with Crippen molar-refractivity contribution in [2.24, 2.45) is 0 Å². The van der Waals surface area contributed by atoms with Crippen LogP contribution < -0.4 is 10.1 Å². The van der Waals surface area contributed by atoms with E-state index in [2.05, 4.69) is 40.8 Å². The van der Waals surface area contributed by atoms with Crippen molar-refractivity contribution in [3.05, 3.63) is 89.5 Å². The molecule has 0 fully saturated rings. The fourth-order valence-corrected chi connectivity index (χ4v) is 3.74. The fourth-order valence-electron chi connectivity index (χ4n) is 3.74. The van der Waals surface area contributed by atoms with Crippen LogP contribution in [0.1, 0.15) is 33.7 Å². The number of aryl methyl sites for hydroxylation is 2. The van der Waals surface area contributed by atoms with Crippen LogP contribution in [0.15, 0.2) is 67.0 Å². The average Bonchev–Trinajstić information content (AvgIpc) is 3.17. The molecule has 0 bridgehead atoms. The SMILES string of the molecule is Cc1cccc(OCCCn2c(CCNC(=O)c3cccnc3)nc3ccccc32)c1C. The highest BCUT2D eigenvalue weighted by atomic mass is 16.5. The molecule has 0 aliphatic carbocycles. The zero-order valence-corrected chi connectivity index (χ0v) is 18.5. The molecule has 0 atom stereocenters. The third kappa shape index (κ3) is 4.97. The van der Waals surface area contributed by atoms with E-state index in [1.54, 1.807) is 24.5 Å². The van der Waals surface area contributed by atoms with Gasteiger partial charge in [0, 0.05) is 31.9 Å². The van der Waals surface area contributed by atoms with Gasteiger partial charge in [-0.05, 0) is 61.7 Å². The number of rotatable bonds is 9. The molecule has 2 heterocycles. The number of imidazole rings is 1. The van der Waals surface area contributed by atoms with Gasteiger partial charge in [0.2, 0.25) is 0 Å². The lowest BCUT2D eigenvalue weighted by molar-refractivity contribution is 0.0953. The molecule has 0 saturated heterocycles. The van der Waals surface area contributed by atoms with Gasteiger partial charge in [-0.2, -0.15) is 0 Å². The molecule has 164 valence electrons. The Hall–Kier alpha value is -3.67. The minimum atomic E-state index is -0.123. The first kappa shape index (κ1) is 21.6. The van der Waals surface area contributed by atoms with E-state index >= 15 is 0 Å². The molecule has 0 saturated carbocycles. The van der Waals surface area contributed by atoms with E-state index in [9.17, 15) is 4.79 Å². The maximum absolute atomic E-state index is 12.3. The minimum Gasteiger partial charge on any atom is -0.493 e. The fraction of sp³-hybridized carbons (Fsp3) is 0.269. The number of benzene rings is 2. The largest absolute Gasteiger partial charge is 0.493 e. The maximum atomic E-state index is 12.3. The summed E-state index contributed by atoms with van der Waals surface area (Å²) < 4.78 is 8.27. The van der Waals surface area contributed by atoms with Crippen LogP contribution in [0.4, 0.5) is 0 Å². The number of ether oxygens (including phenoxy) is 1. The molecular weight excluding hydrogens is 400 g/mol. The maximum Gasteiger partial charge on any atom is 0.252 e. The topological polar surface area (TPSA) is 69.0 Å². The number of carbonyl (C=O) groups excluding carboxylic acids is 1. The summed E-state index contributed by atoms with van der Waals surface area (Å²) in [6, 6.07) is 17.8. The first-order valence-corrected chi connectivity index (χ1v) is 10.9. The van der Waals surface area contributed by atoms with Gasteiger partial charge >= 0.3 is 0 Å². The number of pyridine rings is 1. The van der Waals surface area contributed by atoms with Gasteiger partial charge in [0.1, 0.15) is 11.6 Å². The normalized spacial score (nSPS) is 10.9. The first-order chi connectivity index (χ1) is 15.6. The lowest BCUT2D eigenvalue weighted by Crippen LogP contribution is -2.26. The number of nitrogens with one attached hydrogen (secondary N) is 1. The van der Waals surface area contributed by atoms with Gasteiger partial charge in [0.25, 0.3) is 5.91 Å².